The Hall–Kier alpha value is -0.650. The Morgan fingerprint density at radius 3 is 2.71 bits per heavy atom. The summed E-state index contributed by atoms with van der Waals surface area (Å²) in [6, 6.07) is 0. The Bertz CT molecular complexity index is 344. The second-order valence-corrected chi connectivity index (χ2v) is 6.92. The number of piperazine rings is 1. The number of hydrogen-bond acceptors (Lipinski definition) is 4. The van der Waals surface area contributed by atoms with E-state index in [1.807, 2.05) is 4.90 Å². The fourth-order valence-electron chi connectivity index (χ4n) is 4.06. The van der Waals surface area contributed by atoms with Crippen molar-refractivity contribution in [2.45, 2.75) is 32.1 Å². The van der Waals surface area contributed by atoms with Crippen LogP contribution in [0.1, 0.15) is 32.1 Å². The minimum Gasteiger partial charge on any atom is -0.381 e. The van der Waals surface area contributed by atoms with Crippen molar-refractivity contribution in [2.75, 3.05) is 59.0 Å². The standard InChI is InChI=1S/C16H29N3O2/c20-15(19-10-6-17-7-11-19)3-9-18-8-1-4-16(13-18)5-2-12-21-14-16/h17H,1-14H2. The van der Waals surface area contributed by atoms with Crippen LogP contribution in [0.3, 0.4) is 0 Å². The van der Waals surface area contributed by atoms with Crippen LogP contribution in [0.2, 0.25) is 0 Å². The third-order valence-corrected chi connectivity index (χ3v) is 5.26. The minimum absolute atomic E-state index is 0.330. The summed E-state index contributed by atoms with van der Waals surface area (Å²) in [6.45, 7) is 8.68. The molecule has 0 saturated carbocycles. The molecule has 0 radical (unpaired) electrons. The Morgan fingerprint density at radius 2 is 1.95 bits per heavy atom. The van der Waals surface area contributed by atoms with E-state index in [1.54, 1.807) is 0 Å². The van der Waals surface area contributed by atoms with Crippen molar-refractivity contribution in [1.29, 1.82) is 0 Å². The van der Waals surface area contributed by atoms with Gasteiger partial charge in [0.25, 0.3) is 0 Å². The maximum Gasteiger partial charge on any atom is 0.223 e. The lowest BCUT2D eigenvalue weighted by Crippen LogP contribution is -2.49. The normalized spacial score (nSPS) is 31.5. The van der Waals surface area contributed by atoms with E-state index in [-0.39, 0.29) is 0 Å². The van der Waals surface area contributed by atoms with Crippen LogP contribution in [0, 0.1) is 5.41 Å². The van der Waals surface area contributed by atoms with E-state index < -0.39 is 0 Å². The van der Waals surface area contributed by atoms with Gasteiger partial charge in [-0.15, -0.1) is 0 Å². The monoisotopic (exact) mass is 295 g/mol. The predicted octanol–water partition coefficient (Wildman–Crippen LogP) is 0.701. The molecule has 3 saturated heterocycles. The largest absolute Gasteiger partial charge is 0.381 e. The lowest BCUT2D eigenvalue weighted by Gasteiger charge is -2.45. The van der Waals surface area contributed by atoms with Crippen molar-refractivity contribution in [3.8, 4) is 0 Å². The van der Waals surface area contributed by atoms with E-state index in [0.717, 1.165) is 59.0 Å². The van der Waals surface area contributed by atoms with Crippen molar-refractivity contribution in [2.24, 2.45) is 5.41 Å². The zero-order chi connectivity index (χ0) is 14.5. The van der Waals surface area contributed by atoms with Crippen LogP contribution in [0.4, 0.5) is 0 Å². The van der Waals surface area contributed by atoms with Crippen molar-refractivity contribution < 1.29 is 9.53 Å². The first kappa shape index (κ1) is 15.3. The summed E-state index contributed by atoms with van der Waals surface area (Å²) in [5.74, 6) is 0.330. The summed E-state index contributed by atoms with van der Waals surface area (Å²) in [6.07, 6.45) is 5.74. The number of amides is 1. The van der Waals surface area contributed by atoms with Gasteiger partial charge in [0.15, 0.2) is 0 Å². The van der Waals surface area contributed by atoms with Crippen LogP contribution >= 0.6 is 0 Å². The second-order valence-electron chi connectivity index (χ2n) is 6.92. The number of carbonyl (C=O) groups excluding carboxylic acids is 1. The Balaban J connectivity index is 1.45. The van der Waals surface area contributed by atoms with Gasteiger partial charge in [-0.1, -0.05) is 0 Å². The summed E-state index contributed by atoms with van der Waals surface area (Å²) < 4.78 is 5.72. The Morgan fingerprint density at radius 1 is 1.14 bits per heavy atom. The molecule has 3 aliphatic rings. The van der Waals surface area contributed by atoms with Gasteiger partial charge >= 0.3 is 0 Å². The molecule has 0 aromatic carbocycles. The maximum atomic E-state index is 12.3. The molecular weight excluding hydrogens is 266 g/mol. The van der Waals surface area contributed by atoms with E-state index in [9.17, 15) is 4.79 Å². The van der Waals surface area contributed by atoms with E-state index in [1.165, 1.54) is 25.7 Å². The molecule has 21 heavy (non-hydrogen) atoms. The van der Waals surface area contributed by atoms with Gasteiger partial charge in [0.2, 0.25) is 5.91 Å². The summed E-state index contributed by atoms with van der Waals surface area (Å²) >= 11 is 0. The molecule has 0 aliphatic carbocycles. The molecule has 0 aromatic rings. The van der Waals surface area contributed by atoms with Crippen molar-refractivity contribution in [3.63, 3.8) is 0 Å². The average Bonchev–Trinajstić information content (AvgIpc) is 2.54. The number of nitrogens with one attached hydrogen (secondary N) is 1. The smallest absolute Gasteiger partial charge is 0.223 e. The van der Waals surface area contributed by atoms with Gasteiger partial charge in [0.05, 0.1) is 6.61 Å². The van der Waals surface area contributed by atoms with E-state index in [2.05, 4.69) is 10.2 Å². The van der Waals surface area contributed by atoms with Gasteiger partial charge in [-0.2, -0.15) is 0 Å². The fraction of sp³-hybridized carbons (Fsp3) is 0.938. The molecule has 1 unspecified atom stereocenters. The van der Waals surface area contributed by atoms with Gasteiger partial charge in [0, 0.05) is 57.7 Å². The maximum absolute atomic E-state index is 12.3. The number of nitrogens with zero attached hydrogens (tertiary/aromatic N) is 2. The lowest BCUT2D eigenvalue weighted by molar-refractivity contribution is -0.132. The molecule has 3 rings (SSSR count). The molecule has 3 fully saturated rings. The molecule has 1 amide bonds. The SMILES string of the molecule is O=C(CCN1CCCC2(CCCOC2)C1)N1CCNCC1. The number of carbonyl (C=O) groups is 1. The molecule has 1 N–H and O–H groups in total. The fourth-order valence-corrected chi connectivity index (χ4v) is 4.06. The highest BCUT2D eigenvalue weighted by Gasteiger charge is 2.37. The summed E-state index contributed by atoms with van der Waals surface area (Å²) in [5.41, 5.74) is 0.384. The van der Waals surface area contributed by atoms with E-state index in [4.69, 9.17) is 4.74 Å². The van der Waals surface area contributed by atoms with Gasteiger partial charge in [0.1, 0.15) is 0 Å². The molecular formula is C16H29N3O2. The molecule has 3 heterocycles. The molecule has 5 heteroatoms. The van der Waals surface area contributed by atoms with Crippen LogP contribution in [0.15, 0.2) is 0 Å². The average molecular weight is 295 g/mol. The van der Waals surface area contributed by atoms with Gasteiger partial charge in [-0.05, 0) is 32.2 Å². The molecule has 1 spiro atoms. The Kier molecular flexibility index (Phi) is 5.14. The molecule has 1 atom stereocenters. The van der Waals surface area contributed by atoms with Crippen LogP contribution in [0.5, 0.6) is 0 Å². The van der Waals surface area contributed by atoms with Crippen LogP contribution in [-0.4, -0.2) is 74.7 Å². The minimum atomic E-state index is 0.330. The highest BCUT2D eigenvalue weighted by molar-refractivity contribution is 5.76. The van der Waals surface area contributed by atoms with E-state index in [0.29, 0.717) is 17.7 Å². The molecule has 5 nitrogen and oxygen atoms in total. The summed E-state index contributed by atoms with van der Waals surface area (Å²) in [7, 11) is 0. The third kappa shape index (κ3) is 3.96. The summed E-state index contributed by atoms with van der Waals surface area (Å²) in [5, 5.41) is 3.30. The van der Waals surface area contributed by atoms with Crippen molar-refractivity contribution in [3.05, 3.63) is 0 Å². The number of piperidine rings is 1. The highest BCUT2D eigenvalue weighted by atomic mass is 16.5. The van der Waals surface area contributed by atoms with Gasteiger partial charge < -0.3 is 19.9 Å². The van der Waals surface area contributed by atoms with Crippen molar-refractivity contribution in [1.82, 2.24) is 15.1 Å². The first-order valence-electron chi connectivity index (χ1n) is 8.56. The van der Waals surface area contributed by atoms with Crippen LogP contribution < -0.4 is 5.32 Å². The van der Waals surface area contributed by atoms with Crippen LogP contribution in [-0.2, 0) is 9.53 Å². The molecule has 120 valence electrons. The molecule has 0 aromatic heterocycles. The molecule has 3 aliphatic heterocycles. The first-order chi connectivity index (χ1) is 10.3. The zero-order valence-electron chi connectivity index (χ0n) is 13.1. The highest BCUT2D eigenvalue weighted by Crippen LogP contribution is 2.37. The lowest BCUT2D eigenvalue weighted by atomic mass is 9.76. The predicted molar refractivity (Wildman–Crippen MR) is 82.2 cm³/mol. The number of likely N-dealkylation sites (tertiary alicyclic amines) is 1. The zero-order valence-corrected chi connectivity index (χ0v) is 13.1. The topological polar surface area (TPSA) is 44.8 Å². The van der Waals surface area contributed by atoms with Gasteiger partial charge in [-0.25, -0.2) is 0 Å². The number of rotatable bonds is 3. The quantitative estimate of drug-likeness (QED) is 0.832. The Labute approximate surface area is 128 Å². The van der Waals surface area contributed by atoms with Crippen LogP contribution in [0.25, 0.3) is 0 Å². The number of hydrogen-bond donors (Lipinski definition) is 1. The number of ether oxygens (including phenoxy) is 1. The van der Waals surface area contributed by atoms with E-state index >= 15 is 0 Å². The van der Waals surface area contributed by atoms with Gasteiger partial charge in [-0.3, -0.25) is 4.79 Å². The first-order valence-corrected chi connectivity index (χ1v) is 8.56. The molecule has 0 bridgehead atoms. The second kappa shape index (κ2) is 7.07. The van der Waals surface area contributed by atoms with Crippen molar-refractivity contribution >= 4 is 5.91 Å². The summed E-state index contributed by atoms with van der Waals surface area (Å²) in [4.78, 5) is 16.8. The third-order valence-electron chi connectivity index (χ3n) is 5.26.